The molecule has 7 nitrogen and oxygen atoms in total. The fourth-order valence-corrected chi connectivity index (χ4v) is 4.14. The summed E-state index contributed by atoms with van der Waals surface area (Å²) in [6, 6.07) is 14.2. The van der Waals surface area contributed by atoms with Crippen LogP contribution in [0.1, 0.15) is 41.6 Å². The van der Waals surface area contributed by atoms with Gasteiger partial charge < -0.3 is 15.2 Å². The third-order valence-electron chi connectivity index (χ3n) is 4.89. The lowest BCUT2D eigenvalue weighted by Gasteiger charge is -2.15. The fourth-order valence-electron chi connectivity index (χ4n) is 3.16. The van der Waals surface area contributed by atoms with E-state index < -0.39 is 6.04 Å². The Hall–Kier alpha value is -3.10. The van der Waals surface area contributed by atoms with Crippen molar-refractivity contribution in [3.8, 4) is 0 Å². The van der Waals surface area contributed by atoms with Crippen LogP contribution < -0.4 is 10.6 Å². The topological polar surface area (TPSA) is 88.9 Å². The van der Waals surface area contributed by atoms with Gasteiger partial charge in [0.15, 0.2) is 11.0 Å². The molecule has 0 aliphatic rings. The van der Waals surface area contributed by atoms with Crippen molar-refractivity contribution in [1.82, 2.24) is 20.1 Å². The molecule has 2 N–H and O–H groups in total. The molecule has 33 heavy (non-hydrogen) atoms. The van der Waals surface area contributed by atoms with E-state index in [2.05, 4.69) is 34.3 Å². The molecule has 0 aliphatic carbocycles. The van der Waals surface area contributed by atoms with Crippen LogP contribution in [0.3, 0.4) is 0 Å². The highest BCUT2D eigenvalue weighted by molar-refractivity contribution is 7.99. The van der Waals surface area contributed by atoms with Gasteiger partial charge in [0.05, 0.1) is 22.4 Å². The summed E-state index contributed by atoms with van der Waals surface area (Å²) < 4.78 is 1.83. The number of anilines is 1. The van der Waals surface area contributed by atoms with Crippen molar-refractivity contribution in [2.24, 2.45) is 0 Å². The molecule has 0 aliphatic heterocycles. The molecule has 2 aromatic carbocycles. The van der Waals surface area contributed by atoms with Crippen molar-refractivity contribution in [2.75, 3.05) is 11.1 Å². The number of carbonyl (C=O) groups is 2. The van der Waals surface area contributed by atoms with E-state index in [1.54, 1.807) is 30.3 Å². The smallest absolute Gasteiger partial charge is 0.253 e. The molecule has 0 saturated heterocycles. The zero-order chi connectivity index (χ0) is 23.8. The predicted octanol–water partition coefficient (Wildman–Crippen LogP) is 4.90. The average Bonchev–Trinajstić information content (AvgIpc) is 3.21. The van der Waals surface area contributed by atoms with E-state index in [-0.39, 0.29) is 17.6 Å². The highest BCUT2D eigenvalue weighted by atomic mass is 35.5. The molecule has 1 aromatic heterocycles. The number of rotatable bonds is 10. The van der Waals surface area contributed by atoms with E-state index in [0.29, 0.717) is 28.1 Å². The minimum Gasteiger partial charge on any atom is -0.342 e. The van der Waals surface area contributed by atoms with Crippen LogP contribution in [-0.2, 0) is 17.8 Å². The van der Waals surface area contributed by atoms with Crippen LogP contribution in [0.15, 0.2) is 66.3 Å². The van der Waals surface area contributed by atoms with Crippen LogP contribution in [0.5, 0.6) is 0 Å². The van der Waals surface area contributed by atoms with Gasteiger partial charge in [0.25, 0.3) is 5.91 Å². The number of aromatic nitrogens is 3. The van der Waals surface area contributed by atoms with Gasteiger partial charge in [-0.2, -0.15) is 0 Å². The minimum absolute atomic E-state index is 0.140. The number of nitrogens with zero attached hydrogens (tertiary/aromatic N) is 3. The zero-order valence-electron chi connectivity index (χ0n) is 18.5. The number of amides is 2. The van der Waals surface area contributed by atoms with Crippen molar-refractivity contribution in [3.05, 3.63) is 83.2 Å². The van der Waals surface area contributed by atoms with E-state index in [4.69, 9.17) is 11.6 Å². The number of hydrogen-bond acceptors (Lipinski definition) is 5. The van der Waals surface area contributed by atoms with Crippen molar-refractivity contribution < 1.29 is 9.59 Å². The minimum atomic E-state index is -0.429. The molecular weight excluding hydrogens is 458 g/mol. The number of carbonyl (C=O) groups excluding carboxylic acids is 2. The summed E-state index contributed by atoms with van der Waals surface area (Å²) in [5, 5.41) is 15.2. The van der Waals surface area contributed by atoms with E-state index in [0.717, 1.165) is 12.1 Å². The molecule has 3 aromatic rings. The number of allylic oxidation sites excluding steroid dienone is 1. The first-order valence-corrected chi connectivity index (χ1v) is 11.9. The molecule has 172 valence electrons. The van der Waals surface area contributed by atoms with Crippen molar-refractivity contribution >= 4 is 40.9 Å². The average molecular weight is 484 g/mol. The highest BCUT2D eigenvalue weighted by Crippen LogP contribution is 2.22. The number of hydrogen-bond donors (Lipinski definition) is 2. The summed E-state index contributed by atoms with van der Waals surface area (Å²) in [5.41, 5.74) is 2.35. The van der Waals surface area contributed by atoms with Crippen LogP contribution in [0, 0.1) is 0 Å². The van der Waals surface area contributed by atoms with Crippen LogP contribution in [0.2, 0.25) is 5.02 Å². The number of nitrogens with one attached hydrogen (secondary N) is 2. The Labute approximate surface area is 202 Å². The molecule has 3 rings (SSSR count). The molecule has 0 bridgehead atoms. The Morgan fingerprint density at radius 2 is 1.91 bits per heavy atom. The normalized spacial score (nSPS) is 11.6. The first-order valence-electron chi connectivity index (χ1n) is 10.5. The summed E-state index contributed by atoms with van der Waals surface area (Å²) in [6.45, 7) is 8.14. The lowest BCUT2D eigenvalue weighted by atomic mass is 10.1. The van der Waals surface area contributed by atoms with E-state index >= 15 is 0 Å². The maximum atomic E-state index is 12.6. The van der Waals surface area contributed by atoms with Gasteiger partial charge in [-0.15, -0.1) is 16.8 Å². The Bertz CT molecular complexity index is 1130. The second-order valence-electron chi connectivity index (χ2n) is 7.30. The molecule has 9 heteroatoms. The molecule has 0 unspecified atom stereocenters. The monoisotopic (exact) mass is 483 g/mol. The highest BCUT2D eigenvalue weighted by Gasteiger charge is 2.21. The molecule has 0 saturated carbocycles. The lowest BCUT2D eigenvalue weighted by molar-refractivity contribution is -0.113. The SMILES string of the molecule is C=CCn1c(SCC(=O)Nc2ccc(CC)cc2)nnc1[C@H](C)NC(=O)c1ccccc1Cl. The summed E-state index contributed by atoms with van der Waals surface area (Å²) in [6.07, 6.45) is 2.66. The zero-order valence-corrected chi connectivity index (χ0v) is 20.1. The van der Waals surface area contributed by atoms with Crippen LogP contribution in [0.25, 0.3) is 0 Å². The van der Waals surface area contributed by atoms with E-state index in [1.165, 1.54) is 17.3 Å². The predicted molar refractivity (Wildman–Crippen MR) is 133 cm³/mol. The van der Waals surface area contributed by atoms with E-state index in [1.807, 2.05) is 35.8 Å². The van der Waals surface area contributed by atoms with Crippen molar-refractivity contribution in [1.29, 1.82) is 0 Å². The first kappa shape index (κ1) is 24.5. The van der Waals surface area contributed by atoms with E-state index in [9.17, 15) is 9.59 Å². The van der Waals surface area contributed by atoms with Gasteiger partial charge in [0.1, 0.15) is 0 Å². The Morgan fingerprint density at radius 3 is 2.58 bits per heavy atom. The molecule has 0 radical (unpaired) electrons. The fraction of sp³-hybridized carbons (Fsp3) is 0.250. The van der Waals surface area contributed by atoms with Crippen LogP contribution in [0.4, 0.5) is 5.69 Å². The van der Waals surface area contributed by atoms with Gasteiger partial charge in [-0.25, -0.2) is 0 Å². The molecular formula is C24H26ClN5O2S. The molecule has 1 atom stereocenters. The Kier molecular flexibility index (Phi) is 8.68. The number of aryl methyl sites for hydroxylation is 1. The second kappa shape index (κ2) is 11.7. The molecule has 1 heterocycles. The van der Waals surface area contributed by atoms with Gasteiger partial charge in [-0.1, -0.05) is 60.6 Å². The second-order valence-corrected chi connectivity index (χ2v) is 8.65. The number of halogens is 1. The summed E-state index contributed by atoms with van der Waals surface area (Å²) in [4.78, 5) is 25.0. The van der Waals surface area contributed by atoms with Gasteiger partial charge in [0.2, 0.25) is 5.91 Å². The molecule has 0 spiro atoms. The Balaban J connectivity index is 1.65. The third-order valence-corrected chi connectivity index (χ3v) is 6.19. The maximum Gasteiger partial charge on any atom is 0.253 e. The number of benzene rings is 2. The van der Waals surface area contributed by atoms with Crippen LogP contribution >= 0.6 is 23.4 Å². The largest absolute Gasteiger partial charge is 0.342 e. The first-order chi connectivity index (χ1) is 15.9. The lowest BCUT2D eigenvalue weighted by Crippen LogP contribution is -2.29. The number of thioether (sulfide) groups is 1. The molecule has 2 amide bonds. The standard InChI is InChI=1S/C24H26ClN5O2S/c1-4-14-30-22(16(3)26-23(32)19-8-6-7-9-20(19)25)28-29-24(30)33-15-21(31)27-18-12-10-17(5-2)11-13-18/h4,6-13,16H,1,5,14-15H2,2-3H3,(H,26,32)(H,27,31)/t16-/m0/s1. The maximum absolute atomic E-state index is 12.6. The van der Waals surface area contributed by atoms with Crippen molar-refractivity contribution in [2.45, 2.75) is 38.0 Å². The summed E-state index contributed by atoms with van der Waals surface area (Å²) in [5.74, 6) is 0.293. The molecule has 0 fully saturated rings. The van der Waals surface area contributed by atoms with Gasteiger partial charge in [0, 0.05) is 12.2 Å². The van der Waals surface area contributed by atoms with Crippen molar-refractivity contribution in [3.63, 3.8) is 0 Å². The van der Waals surface area contributed by atoms with Gasteiger partial charge in [-0.3, -0.25) is 9.59 Å². The third kappa shape index (κ3) is 6.46. The van der Waals surface area contributed by atoms with Crippen LogP contribution in [-0.4, -0.2) is 32.3 Å². The quantitative estimate of drug-likeness (QED) is 0.316. The van der Waals surface area contributed by atoms with Gasteiger partial charge >= 0.3 is 0 Å². The Morgan fingerprint density at radius 1 is 1.18 bits per heavy atom. The summed E-state index contributed by atoms with van der Waals surface area (Å²) in [7, 11) is 0. The summed E-state index contributed by atoms with van der Waals surface area (Å²) >= 11 is 7.40. The van der Waals surface area contributed by atoms with Gasteiger partial charge in [-0.05, 0) is 43.2 Å².